The zero-order valence-corrected chi connectivity index (χ0v) is 22.0. The highest BCUT2D eigenvalue weighted by Gasteiger charge is 2.53. The van der Waals surface area contributed by atoms with Crippen molar-refractivity contribution < 1.29 is 8.23 Å². The number of rotatable bonds is 7. The summed E-state index contributed by atoms with van der Waals surface area (Å²) < 4.78 is 14.2. The first-order valence-electron chi connectivity index (χ1n) is 9.37. The fourth-order valence-corrected chi connectivity index (χ4v) is 16.5. The van der Waals surface area contributed by atoms with Gasteiger partial charge in [0.15, 0.2) is 16.6 Å². The third-order valence-corrected chi connectivity index (χ3v) is 22.8. The average molecular weight is 392 g/mol. The lowest BCUT2D eigenvalue weighted by Gasteiger charge is -2.51. The van der Waals surface area contributed by atoms with Crippen LogP contribution in [0, 0.1) is 0 Å². The van der Waals surface area contributed by atoms with Crippen LogP contribution in [0.4, 0.5) is 0 Å². The Labute approximate surface area is 156 Å². The predicted octanol–water partition coefficient (Wildman–Crippen LogP) is 5.98. The van der Waals surface area contributed by atoms with Crippen molar-refractivity contribution in [3.8, 4) is 0 Å². The zero-order valence-electron chi connectivity index (χ0n) is 19.0. The van der Waals surface area contributed by atoms with E-state index in [1.165, 1.54) is 0 Å². The van der Waals surface area contributed by atoms with Gasteiger partial charge in [-0.05, 0) is 63.3 Å². The molecule has 0 bridgehead atoms. The molecule has 0 aliphatic heterocycles. The van der Waals surface area contributed by atoms with E-state index in [4.69, 9.17) is 8.23 Å². The van der Waals surface area contributed by atoms with Crippen molar-refractivity contribution >= 4 is 25.2 Å². The van der Waals surface area contributed by atoms with Gasteiger partial charge in [-0.2, -0.15) is 0 Å². The summed E-state index contributed by atoms with van der Waals surface area (Å²) in [5.41, 5.74) is 0.376. The first kappa shape index (κ1) is 24.5. The maximum absolute atomic E-state index is 7.08. The molecule has 1 atom stereocenters. The van der Waals surface area contributed by atoms with Gasteiger partial charge in [0, 0.05) is 0 Å². The van der Waals surface area contributed by atoms with E-state index >= 15 is 0 Å². The molecule has 0 aromatic heterocycles. The number of hydrogen-bond acceptors (Lipinski definition) is 3. The zero-order chi connectivity index (χ0) is 19.8. The van der Waals surface area contributed by atoms with Gasteiger partial charge >= 0.3 is 8.56 Å². The van der Waals surface area contributed by atoms with E-state index in [0.29, 0.717) is 5.67 Å². The van der Waals surface area contributed by atoms with Crippen LogP contribution >= 0.6 is 0 Å². The van der Waals surface area contributed by atoms with Gasteiger partial charge in [0.05, 0.1) is 5.67 Å². The molecule has 0 rings (SSSR count). The van der Waals surface area contributed by atoms with E-state index < -0.39 is 25.2 Å². The standard InChI is InChI=1S/C18H45NO2Si3/c1-15-16(19(8)9)24(14,20-22(10,11)17(2,3)4)21-23(12,13)18(5,6)7/h16H,15H2,1-14H3. The highest BCUT2D eigenvalue weighted by molar-refractivity contribution is 6.90. The van der Waals surface area contributed by atoms with Gasteiger partial charge in [0.25, 0.3) is 0 Å². The Morgan fingerprint density at radius 3 is 1.21 bits per heavy atom. The van der Waals surface area contributed by atoms with Crippen LogP contribution < -0.4 is 0 Å². The van der Waals surface area contributed by atoms with Gasteiger partial charge in [0.2, 0.25) is 0 Å². The second-order valence-corrected chi connectivity index (χ2v) is 24.0. The molecule has 24 heavy (non-hydrogen) atoms. The lowest BCUT2D eigenvalue weighted by atomic mass is 10.2. The third kappa shape index (κ3) is 5.77. The molecule has 0 aromatic rings. The summed E-state index contributed by atoms with van der Waals surface area (Å²) in [6.45, 7) is 27.9. The quantitative estimate of drug-likeness (QED) is 0.498. The number of hydrogen-bond donors (Lipinski definition) is 0. The number of nitrogens with zero attached hydrogens (tertiary/aromatic N) is 1. The maximum atomic E-state index is 7.08. The summed E-state index contributed by atoms with van der Waals surface area (Å²) in [6.07, 6.45) is 1.07. The Bertz CT molecular complexity index is 381. The summed E-state index contributed by atoms with van der Waals surface area (Å²) in [7, 11) is -1.83. The Hall–Kier alpha value is 0.531. The van der Waals surface area contributed by atoms with Crippen LogP contribution in [-0.2, 0) is 8.23 Å². The summed E-state index contributed by atoms with van der Waals surface area (Å²) in [6, 6.07) is 0. The molecule has 0 fully saturated rings. The minimum atomic E-state index is -2.38. The van der Waals surface area contributed by atoms with Crippen LogP contribution in [0.25, 0.3) is 0 Å². The van der Waals surface area contributed by atoms with Crippen molar-refractivity contribution in [1.82, 2.24) is 4.90 Å². The molecule has 0 aromatic carbocycles. The van der Waals surface area contributed by atoms with Crippen molar-refractivity contribution in [2.24, 2.45) is 0 Å². The Balaban J connectivity index is 5.96. The topological polar surface area (TPSA) is 21.7 Å². The highest BCUT2D eigenvalue weighted by Crippen LogP contribution is 2.43. The van der Waals surface area contributed by atoms with Crippen LogP contribution in [-0.4, -0.2) is 49.9 Å². The molecule has 0 aliphatic carbocycles. The van der Waals surface area contributed by atoms with E-state index in [-0.39, 0.29) is 10.1 Å². The van der Waals surface area contributed by atoms with Gasteiger partial charge < -0.3 is 13.1 Å². The normalized spacial score (nSPS) is 16.6. The van der Waals surface area contributed by atoms with E-state index in [1.807, 2.05) is 0 Å². The van der Waals surface area contributed by atoms with E-state index in [2.05, 4.69) is 100 Å². The molecule has 0 spiro atoms. The van der Waals surface area contributed by atoms with Crippen LogP contribution in [0.5, 0.6) is 0 Å². The van der Waals surface area contributed by atoms with Crippen molar-refractivity contribution in [2.75, 3.05) is 14.1 Å². The van der Waals surface area contributed by atoms with Gasteiger partial charge in [-0.3, -0.25) is 0 Å². The highest BCUT2D eigenvalue weighted by atomic mass is 28.5. The van der Waals surface area contributed by atoms with E-state index in [0.717, 1.165) is 6.42 Å². The molecule has 0 amide bonds. The Kier molecular flexibility index (Phi) is 7.81. The second-order valence-electron chi connectivity index (χ2n) is 10.6. The predicted molar refractivity (Wildman–Crippen MR) is 116 cm³/mol. The van der Waals surface area contributed by atoms with Crippen LogP contribution in [0.2, 0.25) is 42.8 Å². The van der Waals surface area contributed by atoms with Crippen molar-refractivity contribution in [3.63, 3.8) is 0 Å². The first-order valence-corrected chi connectivity index (χ1v) is 17.6. The van der Waals surface area contributed by atoms with E-state index in [9.17, 15) is 0 Å². The smallest absolute Gasteiger partial charge is 0.332 e. The molecule has 1 unspecified atom stereocenters. The van der Waals surface area contributed by atoms with Gasteiger partial charge in [-0.15, -0.1) is 0 Å². The molecule has 0 saturated carbocycles. The molecule has 0 aliphatic rings. The molecular formula is C18H45NO2Si3. The van der Waals surface area contributed by atoms with Gasteiger partial charge in [-0.25, -0.2) is 0 Å². The van der Waals surface area contributed by atoms with Gasteiger partial charge in [0.1, 0.15) is 0 Å². The molecule has 3 nitrogen and oxygen atoms in total. The second kappa shape index (κ2) is 7.64. The van der Waals surface area contributed by atoms with Crippen LogP contribution in [0.1, 0.15) is 54.9 Å². The summed E-state index contributed by atoms with van der Waals surface area (Å²) in [5.74, 6) is 0. The van der Waals surface area contributed by atoms with Gasteiger partial charge in [-0.1, -0.05) is 48.5 Å². The first-order chi connectivity index (χ1) is 10.3. The minimum absolute atomic E-state index is 0.197. The average Bonchev–Trinajstić information content (AvgIpc) is 2.23. The van der Waals surface area contributed by atoms with Crippen molar-refractivity contribution in [3.05, 3.63) is 0 Å². The van der Waals surface area contributed by atoms with Crippen LogP contribution in [0.3, 0.4) is 0 Å². The minimum Gasteiger partial charge on any atom is -0.435 e. The Morgan fingerprint density at radius 2 is 1.04 bits per heavy atom. The van der Waals surface area contributed by atoms with Crippen molar-refractivity contribution in [1.29, 1.82) is 0 Å². The van der Waals surface area contributed by atoms with E-state index in [1.54, 1.807) is 0 Å². The summed E-state index contributed by atoms with van der Waals surface area (Å²) in [5, 5.41) is 0.394. The Morgan fingerprint density at radius 1 is 0.750 bits per heavy atom. The fourth-order valence-electron chi connectivity index (χ4n) is 2.68. The molecule has 0 heterocycles. The SMILES string of the molecule is CCC(N(C)C)[Si](C)(O[Si](C)(C)C(C)(C)C)O[Si](C)(C)C(C)(C)C. The summed E-state index contributed by atoms with van der Waals surface area (Å²) >= 11 is 0. The molecule has 0 N–H and O–H groups in total. The lowest BCUT2D eigenvalue weighted by Crippen LogP contribution is -2.66. The molecule has 146 valence electrons. The lowest BCUT2D eigenvalue weighted by molar-refractivity contribution is 0.256. The molecular weight excluding hydrogens is 346 g/mol. The van der Waals surface area contributed by atoms with Crippen molar-refractivity contribution in [2.45, 2.75) is 103 Å². The monoisotopic (exact) mass is 391 g/mol. The summed E-state index contributed by atoms with van der Waals surface area (Å²) in [4.78, 5) is 2.33. The third-order valence-electron chi connectivity index (χ3n) is 6.14. The molecule has 0 radical (unpaired) electrons. The molecule has 0 saturated heterocycles. The van der Waals surface area contributed by atoms with Crippen LogP contribution in [0.15, 0.2) is 0 Å². The maximum Gasteiger partial charge on any atom is 0.332 e. The largest absolute Gasteiger partial charge is 0.435 e. The fraction of sp³-hybridized carbons (Fsp3) is 1.00. The molecule has 6 heteroatoms.